The third kappa shape index (κ3) is 2.47. The largest absolute Gasteiger partial charge is 0.0840 e. The van der Waals surface area contributed by atoms with Crippen LogP contribution >= 0.6 is 11.6 Å². The summed E-state index contributed by atoms with van der Waals surface area (Å²) in [5.74, 6) is 0. The van der Waals surface area contributed by atoms with Crippen molar-refractivity contribution in [2.45, 2.75) is 40.0 Å². The summed E-state index contributed by atoms with van der Waals surface area (Å²) in [6.45, 7) is 6.49. The lowest BCUT2D eigenvalue weighted by molar-refractivity contribution is 0.787. The highest BCUT2D eigenvalue weighted by Gasteiger charge is 2.04. The summed E-state index contributed by atoms with van der Waals surface area (Å²) >= 11 is 6.06. The van der Waals surface area contributed by atoms with Gasteiger partial charge in [-0.25, -0.2) is 0 Å². The molecule has 0 N–H and O–H groups in total. The van der Waals surface area contributed by atoms with Crippen LogP contribution in [-0.4, -0.2) is 0 Å². The summed E-state index contributed by atoms with van der Waals surface area (Å²) in [4.78, 5) is 0. The zero-order valence-electron chi connectivity index (χ0n) is 8.65. The highest BCUT2D eigenvalue weighted by Crippen LogP contribution is 2.23. The third-order valence-corrected chi connectivity index (χ3v) is 2.96. The minimum absolute atomic E-state index is 0.900. The zero-order valence-corrected chi connectivity index (χ0v) is 9.41. The summed E-state index contributed by atoms with van der Waals surface area (Å²) in [5.41, 5.74) is 4.07. The van der Waals surface area contributed by atoms with E-state index in [4.69, 9.17) is 11.6 Å². The Kier molecular flexibility index (Phi) is 3.80. The molecule has 0 aliphatic rings. The fraction of sp³-hybridized carbons (Fsp3) is 0.500. The smallest absolute Gasteiger partial charge is 0.0438 e. The standard InChI is InChI=1S/C12H17Cl/c1-4-5-6-11-9(2)7-8-12(13)10(11)3/h7-8H,4-6H2,1-3H3. The van der Waals surface area contributed by atoms with E-state index in [1.807, 2.05) is 6.07 Å². The van der Waals surface area contributed by atoms with Crippen molar-refractivity contribution in [1.82, 2.24) is 0 Å². The Morgan fingerprint density at radius 1 is 1.23 bits per heavy atom. The van der Waals surface area contributed by atoms with Gasteiger partial charge in [0.2, 0.25) is 0 Å². The van der Waals surface area contributed by atoms with Gasteiger partial charge < -0.3 is 0 Å². The molecule has 0 aliphatic carbocycles. The molecular formula is C12H17Cl. The van der Waals surface area contributed by atoms with Crippen LogP contribution in [0, 0.1) is 13.8 Å². The molecule has 0 fully saturated rings. The van der Waals surface area contributed by atoms with E-state index >= 15 is 0 Å². The number of hydrogen-bond donors (Lipinski definition) is 0. The number of rotatable bonds is 3. The molecule has 0 aliphatic heterocycles. The van der Waals surface area contributed by atoms with Gasteiger partial charge in [0.25, 0.3) is 0 Å². The molecule has 1 heteroatoms. The summed E-state index contributed by atoms with van der Waals surface area (Å²) in [7, 11) is 0. The van der Waals surface area contributed by atoms with Gasteiger partial charge in [-0.05, 0) is 49.4 Å². The van der Waals surface area contributed by atoms with Crippen LogP contribution in [0.4, 0.5) is 0 Å². The van der Waals surface area contributed by atoms with Crippen LogP contribution in [0.15, 0.2) is 12.1 Å². The van der Waals surface area contributed by atoms with Crippen molar-refractivity contribution < 1.29 is 0 Å². The Bertz CT molecular complexity index is 289. The fourth-order valence-corrected chi connectivity index (χ4v) is 1.78. The van der Waals surface area contributed by atoms with Crippen molar-refractivity contribution >= 4 is 11.6 Å². The van der Waals surface area contributed by atoms with Crippen LogP contribution in [0.1, 0.15) is 36.5 Å². The lowest BCUT2D eigenvalue weighted by Crippen LogP contribution is -1.94. The molecule has 0 atom stereocenters. The molecule has 0 saturated heterocycles. The van der Waals surface area contributed by atoms with E-state index in [2.05, 4.69) is 26.8 Å². The van der Waals surface area contributed by atoms with Crippen molar-refractivity contribution in [2.24, 2.45) is 0 Å². The fourth-order valence-electron chi connectivity index (χ4n) is 1.60. The quantitative estimate of drug-likeness (QED) is 0.676. The molecule has 0 nitrogen and oxygen atoms in total. The molecular weight excluding hydrogens is 180 g/mol. The van der Waals surface area contributed by atoms with Crippen molar-refractivity contribution in [2.75, 3.05) is 0 Å². The number of unbranched alkanes of at least 4 members (excludes halogenated alkanes) is 1. The maximum atomic E-state index is 6.06. The second kappa shape index (κ2) is 4.66. The Morgan fingerprint density at radius 3 is 2.54 bits per heavy atom. The van der Waals surface area contributed by atoms with Gasteiger partial charge in [0.05, 0.1) is 0 Å². The van der Waals surface area contributed by atoms with E-state index in [0.29, 0.717) is 0 Å². The van der Waals surface area contributed by atoms with Crippen molar-refractivity contribution in [1.29, 1.82) is 0 Å². The van der Waals surface area contributed by atoms with Crippen LogP contribution in [0.5, 0.6) is 0 Å². The van der Waals surface area contributed by atoms with Gasteiger partial charge in [-0.2, -0.15) is 0 Å². The summed E-state index contributed by atoms with van der Waals surface area (Å²) in [6.07, 6.45) is 3.65. The van der Waals surface area contributed by atoms with E-state index in [0.717, 1.165) is 11.4 Å². The van der Waals surface area contributed by atoms with Crippen LogP contribution < -0.4 is 0 Å². The molecule has 0 amide bonds. The number of aryl methyl sites for hydroxylation is 1. The van der Waals surface area contributed by atoms with Gasteiger partial charge in [0.1, 0.15) is 0 Å². The van der Waals surface area contributed by atoms with Crippen LogP contribution in [0.2, 0.25) is 5.02 Å². The van der Waals surface area contributed by atoms with E-state index in [1.54, 1.807) is 0 Å². The number of benzene rings is 1. The van der Waals surface area contributed by atoms with E-state index < -0.39 is 0 Å². The first-order valence-corrected chi connectivity index (χ1v) is 5.29. The minimum Gasteiger partial charge on any atom is -0.0840 e. The van der Waals surface area contributed by atoms with E-state index in [9.17, 15) is 0 Å². The van der Waals surface area contributed by atoms with Gasteiger partial charge in [0.15, 0.2) is 0 Å². The Balaban J connectivity index is 2.96. The number of halogens is 1. The normalized spacial score (nSPS) is 10.5. The predicted molar refractivity (Wildman–Crippen MR) is 59.5 cm³/mol. The van der Waals surface area contributed by atoms with Gasteiger partial charge in [-0.3, -0.25) is 0 Å². The molecule has 0 spiro atoms. The van der Waals surface area contributed by atoms with Crippen molar-refractivity contribution in [3.63, 3.8) is 0 Å². The maximum absolute atomic E-state index is 6.06. The monoisotopic (exact) mass is 196 g/mol. The molecule has 1 aromatic carbocycles. The molecule has 1 rings (SSSR count). The molecule has 1 aromatic rings. The summed E-state index contributed by atoms with van der Waals surface area (Å²) < 4.78 is 0. The van der Waals surface area contributed by atoms with E-state index in [1.165, 1.54) is 29.5 Å². The average molecular weight is 197 g/mol. The third-order valence-electron chi connectivity index (χ3n) is 2.55. The Morgan fingerprint density at radius 2 is 1.92 bits per heavy atom. The molecule has 72 valence electrons. The summed E-state index contributed by atoms with van der Waals surface area (Å²) in [6, 6.07) is 4.10. The predicted octanol–water partition coefficient (Wildman–Crippen LogP) is 4.30. The van der Waals surface area contributed by atoms with Gasteiger partial charge >= 0.3 is 0 Å². The van der Waals surface area contributed by atoms with Crippen LogP contribution in [0.25, 0.3) is 0 Å². The van der Waals surface area contributed by atoms with E-state index in [-0.39, 0.29) is 0 Å². The second-order valence-electron chi connectivity index (χ2n) is 3.57. The first-order chi connectivity index (χ1) is 6.16. The SMILES string of the molecule is CCCCc1c(C)ccc(Cl)c1C. The lowest BCUT2D eigenvalue weighted by atomic mass is 9.98. The molecule has 0 heterocycles. The van der Waals surface area contributed by atoms with Crippen LogP contribution in [0.3, 0.4) is 0 Å². The molecule has 0 aromatic heterocycles. The van der Waals surface area contributed by atoms with Gasteiger partial charge in [0, 0.05) is 5.02 Å². The Labute approximate surface area is 85.9 Å². The second-order valence-corrected chi connectivity index (χ2v) is 3.98. The van der Waals surface area contributed by atoms with Crippen LogP contribution in [-0.2, 0) is 6.42 Å². The molecule has 0 bridgehead atoms. The first kappa shape index (κ1) is 10.6. The minimum atomic E-state index is 0.900. The van der Waals surface area contributed by atoms with Gasteiger partial charge in [-0.1, -0.05) is 31.0 Å². The molecule has 13 heavy (non-hydrogen) atoms. The average Bonchev–Trinajstić information content (AvgIpc) is 2.12. The summed E-state index contributed by atoms with van der Waals surface area (Å²) in [5, 5.41) is 0.900. The highest BCUT2D eigenvalue weighted by molar-refractivity contribution is 6.31. The lowest BCUT2D eigenvalue weighted by Gasteiger charge is -2.10. The first-order valence-electron chi connectivity index (χ1n) is 4.91. The molecule has 0 unspecified atom stereocenters. The van der Waals surface area contributed by atoms with Gasteiger partial charge in [-0.15, -0.1) is 0 Å². The number of hydrogen-bond acceptors (Lipinski definition) is 0. The Hall–Kier alpha value is -0.490. The van der Waals surface area contributed by atoms with Crippen molar-refractivity contribution in [3.05, 3.63) is 33.8 Å². The maximum Gasteiger partial charge on any atom is 0.0438 e. The van der Waals surface area contributed by atoms with Crippen molar-refractivity contribution in [3.8, 4) is 0 Å². The topological polar surface area (TPSA) is 0 Å². The zero-order chi connectivity index (χ0) is 9.84. The molecule has 0 saturated carbocycles. The highest BCUT2D eigenvalue weighted by atomic mass is 35.5. The molecule has 0 radical (unpaired) electrons.